The fraction of sp³-hybridized carbons (Fsp3) is 0.381. The van der Waals surface area contributed by atoms with Crippen molar-refractivity contribution < 1.29 is 40.6 Å². The molecule has 1 saturated heterocycles. The minimum absolute atomic E-state index is 0.0555. The topological polar surface area (TPSA) is 50.8 Å². The molecule has 1 aliphatic rings. The average Bonchev–Trinajstić information content (AvgIpc) is 2.71. The Morgan fingerprint density at radius 3 is 2.22 bits per heavy atom. The Morgan fingerprint density at radius 2 is 1.59 bits per heavy atom. The van der Waals surface area contributed by atoms with Crippen LogP contribution in [0.25, 0.3) is 0 Å². The number of nitrogens with zero attached hydrogens (tertiary/aromatic N) is 1. The highest BCUT2D eigenvalue weighted by molar-refractivity contribution is 5.70. The summed E-state index contributed by atoms with van der Waals surface area (Å²) in [6.07, 6.45) is -17.5. The van der Waals surface area contributed by atoms with Crippen LogP contribution in [0.1, 0.15) is 12.5 Å². The van der Waals surface area contributed by atoms with E-state index in [9.17, 15) is 31.1 Å². The number of carbonyl (C=O) groups is 1. The summed E-state index contributed by atoms with van der Waals surface area (Å²) in [4.78, 5) is 13.5. The van der Waals surface area contributed by atoms with Crippen LogP contribution in [0.4, 0.5) is 31.1 Å². The van der Waals surface area contributed by atoms with Crippen LogP contribution in [-0.2, 0) is 10.3 Å². The summed E-state index contributed by atoms with van der Waals surface area (Å²) in [5.74, 6) is 0.765. The largest absolute Gasteiger partial charge is 0.457 e. The van der Waals surface area contributed by atoms with Gasteiger partial charge in [0, 0.05) is 25.2 Å². The maximum Gasteiger partial charge on any atom is 0.434 e. The molecule has 1 amide bonds. The number of hydrogen-bond donors (Lipinski definition) is 1. The van der Waals surface area contributed by atoms with Gasteiger partial charge in [-0.05, 0) is 25.1 Å². The lowest BCUT2D eigenvalue weighted by Gasteiger charge is -2.45. The number of nitrogens with one attached hydrogen (secondary N) is 1. The Hall–Kier alpha value is -2.95. The number of amides is 1. The van der Waals surface area contributed by atoms with Crippen molar-refractivity contribution in [2.45, 2.75) is 30.9 Å². The third-order valence-corrected chi connectivity index (χ3v) is 5.05. The Bertz CT molecular complexity index is 921. The van der Waals surface area contributed by atoms with Crippen molar-refractivity contribution >= 4 is 6.09 Å². The van der Waals surface area contributed by atoms with E-state index >= 15 is 0 Å². The van der Waals surface area contributed by atoms with Crippen LogP contribution in [0.3, 0.4) is 0 Å². The number of hydrogen-bond acceptors (Lipinski definition) is 4. The minimum atomic E-state index is -5.80. The zero-order valence-corrected chi connectivity index (χ0v) is 16.8. The molecule has 5 nitrogen and oxygen atoms in total. The number of carbonyl (C=O) groups excluding carboxylic acids is 1. The van der Waals surface area contributed by atoms with Crippen LogP contribution in [-0.4, -0.2) is 49.1 Å². The summed E-state index contributed by atoms with van der Waals surface area (Å²) in [5.41, 5.74) is -0.953. The number of para-hydroxylation sites is 2. The smallest absolute Gasteiger partial charge is 0.434 e. The maximum absolute atomic E-state index is 12.9. The fourth-order valence-electron chi connectivity index (χ4n) is 3.50. The van der Waals surface area contributed by atoms with Crippen LogP contribution in [0.5, 0.6) is 11.5 Å². The zero-order valence-electron chi connectivity index (χ0n) is 16.8. The van der Waals surface area contributed by atoms with E-state index in [2.05, 4.69) is 10.1 Å². The van der Waals surface area contributed by atoms with Gasteiger partial charge in [0.15, 0.2) is 0 Å². The summed E-state index contributed by atoms with van der Waals surface area (Å²) in [5, 5.41) is 3.01. The standard InChI is InChI=1S/C21H20F6N2O3/c1-19(15-9-5-6-10-16(15)31-14-7-3-2-4-8-14)13-28-11-12-29(19)18(30)32-17(20(22,23)24)21(25,26)27/h2-10,17,28H,11-13H2,1H3. The van der Waals surface area contributed by atoms with Gasteiger partial charge < -0.3 is 14.8 Å². The molecule has 0 aromatic heterocycles. The molecule has 11 heteroatoms. The van der Waals surface area contributed by atoms with Gasteiger partial charge in [-0.3, -0.25) is 4.90 Å². The average molecular weight is 462 g/mol. The molecule has 1 aliphatic heterocycles. The molecule has 0 aliphatic carbocycles. The van der Waals surface area contributed by atoms with Crippen molar-refractivity contribution in [2.75, 3.05) is 19.6 Å². The summed E-state index contributed by atoms with van der Waals surface area (Å²) < 4.78 is 87.3. The van der Waals surface area contributed by atoms with Gasteiger partial charge in [0.2, 0.25) is 0 Å². The number of alkyl halides is 6. The number of halogens is 6. The van der Waals surface area contributed by atoms with Gasteiger partial charge in [-0.25, -0.2) is 4.79 Å². The van der Waals surface area contributed by atoms with Gasteiger partial charge in [0.1, 0.15) is 11.5 Å². The zero-order chi connectivity index (χ0) is 23.6. The van der Waals surface area contributed by atoms with Crippen LogP contribution in [0.2, 0.25) is 0 Å². The van der Waals surface area contributed by atoms with Gasteiger partial charge in [0.25, 0.3) is 6.10 Å². The number of ether oxygens (including phenoxy) is 2. The van der Waals surface area contributed by atoms with Crippen molar-refractivity contribution in [3.8, 4) is 11.5 Å². The second-order valence-corrected chi connectivity index (χ2v) is 7.36. The summed E-state index contributed by atoms with van der Waals surface area (Å²) in [6, 6.07) is 15.1. The van der Waals surface area contributed by atoms with Crippen molar-refractivity contribution in [3.05, 3.63) is 60.2 Å². The van der Waals surface area contributed by atoms with Crippen molar-refractivity contribution in [2.24, 2.45) is 0 Å². The molecule has 1 unspecified atom stereocenters. The molecule has 1 N–H and O–H groups in total. The van der Waals surface area contributed by atoms with Crippen molar-refractivity contribution in [1.29, 1.82) is 0 Å². The Morgan fingerprint density at radius 1 is 1.00 bits per heavy atom. The third-order valence-electron chi connectivity index (χ3n) is 5.05. The van der Waals surface area contributed by atoms with E-state index in [1.807, 2.05) is 0 Å². The molecule has 174 valence electrons. The van der Waals surface area contributed by atoms with E-state index in [1.54, 1.807) is 54.6 Å². The molecule has 0 radical (unpaired) electrons. The first-order valence-electron chi connectivity index (χ1n) is 9.58. The van der Waals surface area contributed by atoms with E-state index in [-0.39, 0.29) is 19.6 Å². The first kappa shape index (κ1) is 23.7. The highest BCUT2D eigenvalue weighted by atomic mass is 19.4. The van der Waals surface area contributed by atoms with Crippen LogP contribution < -0.4 is 10.1 Å². The van der Waals surface area contributed by atoms with E-state index in [1.165, 1.54) is 6.92 Å². The quantitative estimate of drug-likeness (QED) is 0.633. The minimum Gasteiger partial charge on any atom is -0.457 e. The molecule has 32 heavy (non-hydrogen) atoms. The van der Waals surface area contributed by atoms with Crippen molar-refractivity contribution in [1.82, 2.24) is 10.2 Å². The summed E-state index contributed by atoms with van der Waals surface area (Å²) in [7, 11) is 0. The molecule has 1 atom stereocenters. The van der Waals surface area contributed by atoms with Gasteiger partial charge in [-0.2, -0.15) is 26.3 Å². The van der Waals surface area contributed by atoms with Crippen molar-refractivity contribution in [3.63, 3.8) is 0 Å². The van der Waals surface area contributed by atoms with Crippen LogP contribution in [0, 0.1) is 0 Å². The van der Waals surface area contributed by atoms with Gasteiger partial charge in [-0.1, -0.05) is 36.4 Å². The maximum atomic E-state index is 12.9. The summed E-state index contributed by atoms with van der Waals surface area (Å²) in [6.45, 7) is 1.57. The lowest BCUT2D eigenvalue weighted by molar-refractivity contribution is -0.309. The predicted octanol–water partition coefficient (Wildman–Crippen LogP) is 5.23. The lowest BCUT2D eigenvalue weighted by atomic mass is 9.87. The van der Waals surface area contributed by atoms with E-state index in [0.29, 0.717) is 17.1 Å². The molecule has 1 fully saturated rings. The SMILES string of the molecule is CC1(c2ccccc2Oc2ccccc2)CNCCN1C(=O)OC(C(F)(F)F)C(F)(F)F. The molecule has 2 aromatic rings. The van der Waals surface area contributed by atoms with Crippen LogP contribution in [0.15, 0.2) is 54.6 Å². The van der Waals surface area contributed by atoms with Gasteiger partial charge in [-0.15, -0.1) is 0 Å². The first-order chi connectivity index (χ1) is 14.9. The second-order valence-electron chi connectivity index (χ2n) is 7.36. The number of rotatable bonds is 4. The van der Waals surface area contributed by atoms with E-state index in [4.69, 9.17) is 4.74 Å². The van der Waals surface area contributed by atoms with Gasteiger partial charge >= 0.3 is 18.4 Å². The van der Waals surface area contributed by atoms with E-state index in [0.717, 1.165) is 4.90 Å². The molecule has 0 bridgehead atoms. The Labute approximate surface area is 179 Å². The number of piperazine rings is 1. The fourth-order valence-corrected chi connectivity index (χ4v) is 3.50. The normalized spacial score (nSPS) is 19.7. The second kappa shape index (κ2) is 8.89. The Balaban J connectivity index is 1.94. The molecular formula is C21H20F6N2O3. The highest BCUT2D eigenvalue weighted by Gasteiger charge is 2.60. The van der Waals surface area contributed by atoms with Gasteiger partial charge in [0.05, 0.1) is 5.54 Å². The van der Waals surface area contributed by atoms with Crippen LogP contribution >= 0.6 is 0 Å². The molecule has 2 aromatic carbocycles. The molecule has 1 heterocycles. The molecule has 0 saturated carbocycles. The lowest BCUT2D eigenvalue weighted by Crippen LogP contribution is -2.61. The highest BCUT2D eigenvalue weighted by Crippen LogP contribution is 2.40. The molecule has 0 spiro atoms. The Kier molecular flexibility index (Phi) is 6.59. The number of benzene rings is 2. The van der Waals surface area contributed by atoms with E-state index < -0.39 is 30.1 Å². The summed E-state index contributed by atoms with van der Waals surface area (Å²) >= 11 is 0. The first-order valence-corrected chi connectivity index (χ1v) is 9.58. The predicted molar refractivity (Wildman–Crippen MR) is 102 cm³/mol. The molecule has 3 rings (SSSR count). The molecular weight excluding hydrogens is 442 g/mol. The third kappa shape index (κ3) is 5.09. The monoisotopic (exact) mass is 462 g/mol.